The highest BCUT2D eigenvalue weighted by Crippen LogP contribution is 2.10. The van der Waals surface area contributed by atoms with Gasteiger partial charge in [-0.05, 0) is 60.0 Å². The summed E-state index contributed by atoms with van der Waals surface area (Å²) < 4.78 is 13.0. The number of hydrogen-bond acceptors (Lipinski definition) is 4. The van der Waals surface area contributed by atoms with Gasteiger partial charge < -0.3 is 15.3 Å². The molecule has 0 aliphatic rings. The summed E-state index contributed by atoms with van der Waals surface area (Å²) in [5.74, 6) is -0.791. The number of nitrogens with zero attached hydrogens (tertiary/aromatic N) is 1. The molecule has 0 aromatic heterocycles. The van der Waals surface area contributed by atoms with E-state index in [2.05, 4.69) is 10.2 Å². The molecule has 0 heterocycles. The third-order valence-electron chi connectivity index (χ3n) is 4.21. The van der Waals surface area contributed by atoms with Gasteiger partial charge in [0.1, 0.15) is 17.6 Å². The average molecular weight is 408 g/mol. The number of benzene rings is 2. The summed E-state index contributed by atoms with van der Waals surface area (Å²) in [7, 11) is 1.52. The topological polar surface area (TPSA) is 81.7 Å². The van der Waals surface area contributed by atoms with Crippen LogP contribution in [0.1, 0.15) is 11.1 Å². The van der Waals surface area contributed by atoms with Crippen molar-refractivity contribution >= 4 is 23.6 Å². The molecular formula is C20H23ClFN3O3. The van der Waals surface area contributed by atoms with Crippen molar-refractivity contribution in [1.29, 1.82) is 0 Å². The van der Waals surface area contributed by atoms with Crippen LogP contribution in [0.3, 0.4) is 0 Å². The molecule has 2 rings (SSSR count). The van der Waals surface area contributed by atoms with E-state index >= 15 is 0 Å². The fourth-order valence-corrected chi connectivity index (χ4v) is 2.82. The van der Waals surface area contributed by atoms with Gasteiger partial charge in [0.15, 0.2) is 0 Å². The normalized spacial score (nSPS) is 11.7. The number of likely N-dealkylation sites (N-methyl/N-ethyl adjacent to an activating group) is 1. The molecule has 150 valence electrons. The van der Waals surface area contributed by atoms with Crippen LogP contribution in [0.4, 0.5) is 4.39 Å². The van der Waals surface area contributed by atoms with E-state index in [1.807, 2.05) is 0 Å². The van der Waals surface area contributed by atoms with Gasteiger partial charge >= 0.3 is 0 Å². The Balaban J connectivity index is 1.79. The highest BCUT2D eigenvalue weighted by atomic mass is 35.5. The molecule has 6 nitrogen and oxygen atoms in total. The van der Waals surface area contributed by atoms with Crippen molar-refractivity contribution in [1.82, 2.24) is 15.1 Å². The molecule has 0 unspecified atom stereocenters. The Labute approximate surface area is 168 Å². The van der Waals surface area contributed by atoms with Gasteiger partial charge in [-0.1, -0.05) is 24.3 Å². The van der Waals surface area contributed by atoms with Gasteiger partial charge in [-0.15, -0.1) is 0 Å². The van der Waals surface area contributed by atoms with Gasteiger partial charge in [0.25, 0.3) is 0 Å². The Morgan fingerprint density at radius 2 is 1.71 bits per heavy atom. The molecule has 0 spiro atoms. The smallest absolute Gasteiger partial charge is 0.241 e. The van der Waals surface area contributed by atoms with E-state index in [4.69, 9.17) is 11.8 Å². The lowest BCUT2D eigenvalue weighted by molar-refractivity contribution is -0.136. The van der Waals surface area contributed by atoms with Crippen molar-refractivity contribution in [3.8, 4) is 5.75 Å². The van der Waals surface area contributed by atoms with E-state index in [-0.39, 0.29) is 36.3 Å². The van der Waals surface area contributed by atoms with Gasteiger partial charge in [0, 0.05) is 13.6 Å². The first kappa shape index (κ1) is 21.7. The number of phenols is 1. The number of amides is 2. The molecular weight excluding hydrogens is 385 g/mol. The van der Waals surface area contributed by atoms with E-state index < -0.39 is 6.04 Å². The highest BCUT2D eigenvalue weighted by Gasteiger charge is 2.23. The molecule has 0 saturated heterocycles. The standard InChI is InChI=1S/C20H23ClFN3O3/c1-25(13-19(27)23-11-10-14-4-8-17(26)9-5-14)20(28)18(24-21)12-15-2-6-16(22)7-3-15/h2-9,18,24,26H,10-13H2,1H3,(H,23,27)/t18-/m0/s1. The van der Waals surface area contributed by atoms with Crippen molar-refractivity contribution < 1.29 is 19.1 Å². The number of hydrogen-bond donors (Lipinski definition) is 3. The lowest BCUT2D eigenvalue weighted by Gasteiger charge is -2.22. The summed E-state index contributed by atoms with van der Waals surface area (Å²) in [6.07, 6.45) is 0.884. The number of nitrogens with one attached hydrogen (secondary N) is 2. The van der Waals surface area contributed by atoms with Crippen LogP contribution < -0.4 is 10.2 Å². The Morgan fingerprint density at radius 3 is 2.32 bits per heavy atom. The van der Waals surface area contributed by atoms with E-state index in [9.17, 15) is 19.1 Å². The van der Waals surface area contributed by atoms with Crippen LogP contribution in [0.15, 0.2) is 48.5 Å². The van der Waals surface area contributed by atoms with E-state index in [0.717, 1.165) is 11.1 Å². The second-order valence-corrected chi connectivity index (χ2v) is 6.67. The molecule has 0 fully saturated rings. The lowest BCUT2D eigenvalue weighted by Crippen LogP contribution is -2.47. The number of phenolic OH excluding ortho intramolecular Hbond substituents is 1. The first-order valence-electron chi connectivity index (χ1n) is 8.79. The maximum atomic E-state index is 13.0. The van der Waals surface area contributed by atoms with Crippen LogP contribution in [0, 0.1) is 5.82 Å². The summed E-state index contributed by atoms with van der Waals surface area (Å²) in [5.41, 5.74) is 1.73. The second-order valence-electron chi connectivity index (χ2n) is 6.45. The zero-order chi connectivity index (χ0) is 20.5. The SMILES string of the molecule is CN(CC(=O)NCCc1ccc(O)cc1)C(=O)[C@H](Cc1ccc(F)cc1)NCl. The molecule has 0 bridgehead atoms. The Bertz CT molecular complexity index is 784. The summed E-state index contributed by atoms with van der Waals surface area (Å²) in [4.78, 5) is 28.3. The zero-order valence-electron chi connectivity index (χ0n) is 15.5. The molecule has 3 N–H and O–H groups in total. The van der Waals surface area contributed by atoms with Crippen LogP contribution in [-0.2, 0) is 22.4 Å². The van der Waals surface area contributed by atoms with E-state index in [1.54, 1.807) is 36.4 Å². The molecule has 8 heteroatoms. The zero-order valence-corrected chi connectivity index (χ0v) is 16.2. The third-order valence-corrected chi connectivity index (χ3v) is 4.48. The maximum Gasteiger partial charge on any atom is 0.241 e. The van der Waals surface area contributed by atoms with Crippen molar-refractivity contribution in [3.63, 3.8) is 0 Å². The van der Waals surface area contributed by atoms with Crippen molar-refractivity contribution in [3.05, 3.63) is 65.5 Å². The van der Waals surface area contributed by atoms with Gasteiger partial charge in [0.05, 0.1) is 6.54 Å². The molecule has 0 radical (unpaired) electrons. The Hall–Kier alpha value is -2.64. The fourth-order valence-electron chi connectivity index (χ4n) is 2.65. The number of carbonyl (C=O) groups excluding carboxylic acids is 2. The van der Waals surface area contributed by atoms with Gasteiger partial charge in [0.2, 0.25) is 11.8 Å². The highest BCUT2D eigenvalue weighted by molar-refractivity contribution is 6.15. The predicted octanol–water partition coefficient (Wildman–Crippen LogP) is 2.00. The van der Waals surface area contributed by atoms with E-state index in [1.165, 1.54) is 24.1 Å². The van der Waals surface area contributed by atoms with Crippen LogP contribution in [0.25, 0.3) is 0 Å². The predicted molar refractivity (Wildman–Crippen MR) is 105 cm³/mol. The number of rotatable bonds is 9. The molecule has 28 heavy (non-hydrogen) atoms. The maximum absolute atomic E-state index is 13.0. The lowest BCUT2D eigenvalue weighted by atomic mass is 10.1. The largest absolute Gasteiger partial charge is 0.508 e. The van der Waals surface area contributed by atoms with Crippen LogP contribution >= 0.6 is 11.8 Å². The molecule has 2 amide bonds. The van der Waals surface area contributed by atoms with E-state index in [0.29, 0.717) is 13.0 Å². The number of halogens is 2. The summed E-state index contributed by atoms with van der Waals surface area (Å²) in [5, 5.41) is 12.0. The second kappa shape index (κ2) is 10.6. The van der Waals surface area contributed by atoms with Crippen LogP contribution in [0.5, 0.6) is 5.75 Å². The monoisotopic (exact) mass is 407 g/mol. The van der Waals surface area contributed by atoms with Gasteiger partial charge in [-0.25, -0.2) is 9.23 Å². The summed E-state index contributed by atoms with van der Waals surface area (Å²) in [6, 6.07) is 11.8. The van der Waals surface area contributed by atoms with Crippen LogP contribution in [-0.4, -0.2) is 48.0 Å². The van der Waals surface area contributed by atoms with Gasteiger partial charge in [-0.2, -0.15) is 0 Å². The number of aromatic hydroxyl groups is 1. The summed E-state index contributed by atoms with van der Waals surface area (Å²) in [6.45, 7) is 0.311. The van der Waals surface area contributed by atoms with Gasteiger partial charge in [-0.3, -0.25) is 9.59 Å². The van der Waals surface area contributed by atoms with Crippen molar-refractivity contribution in [2.45, 2.75) is 18.9 Å². The Morgan fingerprint density at radius 1 is 1.11 bits per heavy atom. The molecule has 0 aliphatic heterocycles. The fraction of sp³-hybridized carbons (Fsp3) is 0.300. The minimum atomic E-state index is -0.734. The molecule has 0 aliphatic carbocycles. The molecule has 1 atom stereocenters. The summed E-state index contributed by atoms with van der Waals surface area (Å²) >= 11 is 5.70. The van der Waals surface area contributed by atoms with Crippen molar-refractivity contribution in [2.24, 2.45) is 0 Å². The first-order valence-corrected chi connectivity index (χ1v) is 9.17. The molecule has 2 aromatic rings. The molecule has 2 aromatic carbocycles. The first-order chi connectivity index (χ1) is 13.4. The quantitative estimate of drug-likeness (QED) is 0.555. The third kappa shape index (κ3) is 6.83. The average Bonchev–Trinajstić information content (AvgIpc) is 2.68. The molecule has 0 saturated carbocycles. The minimum Gasteiger partial charge on any atom is -0.508 e. The van der Waals surface area contributed by atoms with Crippen LogP contribution in [0.2, 0.25) is 0 Å². The Kier molecular flexibility index (Phi) is 8.22. The van der Waals surface area contributed by atoms with Crippen molar-refractivity contribution in [2.75, 3.05) is 20.1 Å². The number of carbonyl (C=O) groups is 2. The minimum absolute atomic E-state index is 0.104.